The van der Waals surface area contributed by atoms with Gasteiger partial charge in [0.05, 0.1) is 5.38 Å². The second kappa shape index (κ2) is 5.20. The lowest BCUT2D eigenvalue weighted by atomic mass is 9.94. The zero-order valence-electron chi connectivity index (χ0n) is 9.74. The van der Waals surface area contributed by atoms with Gasteiger partial charge in [-0.1, -0.05) is 44.9 Å². The van der Waals surface area contributed by atoms with Crippen LogP contribution in [0.15, 0.2) is 29.6 Å². The van der Waals surface area contributed by atoms with E-state index in [9.17, 15) is 0 Å². The van der Waals surface area contributed by atoms with Gasteiger partial charge >= 0.3 is 0 Å². The van der Waals surface area contributed by atoms with E-state index in [1.807, 2.05) is 0 Å². The summed E-state index contributed by atoms with van der Waals surface area (Å²) in [5.74, 6) is 0.583. The summed E-state index contributed by atoms with van der Waals surface area (Å²) < 4.78 is 1.34. The molecule has 0 N–H and O–H groups in total. The third-order valence-corrected chi connectivity index (χ3v) is 4.84. The fourth-order valence-electron chi connectivity index (χ4n) is 2.17. The monoisotopic (exact) mass is 252 g/mol. The summed E-state index contributed by atoms with van der Waals surface area (Å²) in [5.41, 5.74) is 1.32. The molecule has 16 heavy (non-hydrogen) atoms. The molecule has 0 fully saturated rings. The molecule has 2 heteroatoms. The first-order chi connectivity index (χ1) is 7.77. The highest BCUT2D eigenvalue weighted by Crippen LogP contribution is 2.39. The molecule has 1 unspecified atom stereocenters. The SMILES string of the molecule is CCC(CC)C(Cl)c1csc2ccccc12. The number of rotatable bonds is 4. The van der Waals surface area contributed by atoms with E-state index in [0.29, 0.717) is 5.92 Å². The zero-order chi connectivity index (χ0) is 11.5. The Labute approximate surface area is 106 Å². The van der Waals surface area contributed by atoms with Crippen LogP contribution in [-0.4, -0.2) is 0 Å². The van der Waals surface area contributed by atoms with Crippen LogP contribution in [-0.2, 0) is 0 Å². The van der Waals surface area contributed by atoms with Crippen molar-refractivity contribution < 1.29 is 0 Å². The maximum atomic E-state index is 6.60. The predicted octanol–water partition coefficient (Wildman–Crippen LogP) is 5.62. The smallest absolute Gasteiger partial charge is 0.0627 e. The minimum absolute atomic E-state index is 0.158. The summed E-state index contributed by atoms with van der Waals surface area (Å²) >= 11 is 8.40. The third-order valence-electron chi connectivity index (χ3n) is 3.27. The second-order valence-corrected chi connectivity index (χ2v) is 5.55. The molecular formula is C14H17ClS. The Bertz CT molecular complexity index is 456. The van der Waals surface area contributed by atoms with E-state index < -0.39 is 0 Å². The molecule has 2 aromatic rings. The van der Waals surface area contributed by atoms with Gasteiger partial charge in [0, 0.05) is 4.70 Å². The van der Waals surface area contributed by atoms with E-state index in [0.717, 1.165) is 12.8 Å². The first-order valence-corrected chi connectivity index (χ1v) is 7.19. The first-order valence-electron chi connectivity index (χ1n) is 5.88. The van der Waals surface area contributed by atoms with Gasteiger partial charge in [0.15, 0.2) is 0 Å². The van der Waals surface area contributed by atoms with E-state index in [4.69, 9.17) is 11.6 Å². The highest BCUT2D eigenvalue weighted by atomic mass is 35.5. The lowest BCUT2D eigenvalue weighted by molar-refractivity contribution is 0.478. The summed E-state index contributed by atoms with van der Waals surface area (Å²) in [6.45, 7) is 4.44. The number of hydrogen-bond acceptors (Lipinski definition) is 1. The Hall–Kier alpha value is -0.530. The molecule has 0 saturated carbocycles. The Kier molecular flexibility index (Phi) is 3.88. The molecule has 2 rings (SSSR count). The molecule has 1 heterocycles. The number of thiophene rings is 1. The molecule has 1 aromatic heterocycles. The first kappa shape index (κ1) is 11.9. The predicted molar refractivity (Wildman–Crippen MR) is 74.5 cm³/mol. The molecule has 0 bridgehead atoms. The minimum atomic E-state index is 0.158. The maximum Gasteiger partial charge on any atom is 0.0627 e. The Balaban J connectivity index is 2.39. The molecule has 1 aromatic carbocycles. The second-order valence-electron chi connectivity index (χ2n) is 4.17. The quantitative estimate of drug-likeness (QED) is 0.620. The van der Waals surface area contributed by atoms with Crippen LogP contribution in [0.2, 0.25) is 0 Å². The molecular weight excluding hydrogens is 236 g/mol. The highest BCUT2D eigenvalue weighted by molar-refractivity contribution is 7.17. The maximum absolute atomic E-state index is 6.60. The van der Waals surface area contributed by atoms with Gasteiger partial charge in [0.1, 0.15) is 0 Å². The van der Waals surface area contributed by atoms with Crippen molar-refractivity contribution in [3.8, 4) is 0 Å². The molecule has 0 spiro atoms. The number of alkyl halides is 1. The molecule has 0 amide bonds. The lowest BCUT2D eigenvalue weighted by Gasteiger charge is -2.18. The van der Waals surface area contributed by atoms with Crippen molar-refractivity contribution in [3.63, 3.8) is 0 Å². The van der Waals surface area contributed by atoms with Gasteiger partial charge in [-0.05, 0) is 28.3 Å². The van der Waals surface area contributed by atoms with Gasteiger partial charge in [0.2, 0.25) is 0 Å². The van der Waals surface area contributed by atoms with Crippen LogP contribution in [0.1, 0.15) is 37.6 Å². The zero-order valence-corrected chi connectivity index (χ0v) is 11.3. The average molecular weight is 253 g/mol. The fourth-order valence-corrected chi connectivity index (χ4v) is 3.78. The van der Waals surface area contributed by atoms with Crippen molar-refractivity contribution in [1.82, 2.24) is 0 Å². The largest absolute Gasteiger partial charge is 0.143 e. The van der Waals surface area contributed by atoms with Crippen LogP contribution in [0.5, 0.6) is 0 Å². The van der Waals surface area contributed by atoms with Crippen LogP contribution in [0.3, 0.4) is 0 Å². The normalized spacial score (nSPS) is 13.5. The fraction of sp³-hybridized carbons (Fsp3) is 0.429. The summed E-state index contributed by atoms with van der Waals surface area (Å²) in [6.07, 6.45) is 2.30. The van der Waals surface area contributed by atoms with Crippen LogP contribution < -0.4 is 0 Å². The van der Waals surface area contributed by atoms with Gasteiger partial charge in [-0.3, -0.25) is 0 Å². The number of benzene rings is 1. The van der Waals surface area contributed by atoms with Gasteiger partial charge in [-0.25, -0.2) is 0 Å². The molecule has 1 atom stereocenters. The Morgan fingerprint density at radius 2 is 1.88 bits per heavy atom. The third kappa shape index (κ3) is 2.11. The minimum Gasteiger partial charge on any atom is -0.143 e. The molecule has 0 aliphatic heterocycles. The Morgan fingerprint density at radius 1 is 1.19 bits per heavy atom. The molecule has 0 saturated heterocycles. The molecule has 0 aliphatic rings. The van der Waals surface area contributed by atoms with Gasteiger partial charge < -0.3 is 0 Å². The number of hydrogen-bond donors (Lipinski definition) is 0. The van der Waals surface area contributed by atoms with E-state index in [1.54, 1.807) is 11.3 Å². The molecule has 0 radical (unpaired) electrons. The van der Waals surface area contributed by atoms with E-state index in [2.05, 4.69) is 43.5 Å². The van der Waals surface area contributed by atoms with Crippen LogP contribution in [0, 0.1) is 5.92 Å². The standard InChI is InChI=1S/C14H17ClS/c1-3-10(4-2)14(15)12-9-16-13-8-6-5-7-11(12)13/h5-10,14H,3-4H2,1-2H3. The van der Waals surface area contributed by atoms with Gasteiger partial charge in [-0.2, -0.15) is 0 Å². The van der Waals surface area contributed by atoms with Crippen molar-refractivity contribution in [3.05, 3.63) is 35.2 Å². The van der Waals surface area contributed by atoms with E-state index >= 15 is 0 Å². The number of halogens is 1. The van der Waals surface area contributed by atoms with Crippen molar-refractivity contribution in [1.29, 1.82) is 0 Å². The van der Waals surface area contributed by atoms with Crippen molar-refractivity contribution >= 4 is 33.0 Å². The summed E-state index contributed by atoms with van der Waals surface area (Å²) in [6, 6.07) is 8.52. The summed E-state index contributed by atoms with van der Waals surface area (Å²) in [7, 11) is 0. The van der Waals surface area contributed by atoms with Crippen LogP contribution in [0.4, 0.5) is 0 Å². The topological polar surface area (TPSA) is 0 Å². The Morgan fingerprint density at radius 3 is 2.56 bits per heavy atom. The molecule has 0 nitrogen and oxygen atoms in total. The average Bonchev–Trinajstić information content (AvgIpc) is 2.74. The van der Waals surface area contributed by atoms with Crippen molar-refractivity contribution in [2.24, 2.45) is 5.92 Å². The van der Waals surface area contributed by atoms with Gasteiger partial charge in [-0.15, -0.1) is 22.9 Å². The van der Waals surface area contributed by atoms with E-state index in [1.165, 1.54) is 15.6 Å². The van der Waals surface area contributed by atoms with Crippen LogP contribution in [0.25, 0.3) is 10.1 Å². The number of fused-ring (bicyclic) bond motifs is 1. The summed E-state index contributed by atoms with van der Waals surface area (Å²) in [5, 5.41) is 3.71. The van der Waals surface area contributed by atoms with Crippen molar-refractivity contribution in [2.45, 2.75) is 32.1 Å². The molecule has 0 aliphatic carbocycles. The van der Waals surface area contributed by atoms with Crippen molar-refractivity contribution in [2.75, 3.05) is 0 Å². The summed E-state index contributed by atoms with van der Waals surface area (Å²) in [4.78, 5) is 0. The van der Waals surface area contributed by atoms with Crippen LogP contribution >= 0.6 is 22.9 Å². The lowest BCUT2D eigenvalue weighted by Crippen LogP contribution is -2.05. The highest BCUT2D eigenvalue weighted by Gasteiger charge is 2.20. The van der Waals surface area contributed by atoms with E-state index in [-0.39, 0.29) is 5.38 Å². The molecule has 86 valence electrons. The van der Waals surface area contributed by atoms with Gasteiger partial charge in [0.25, 0.3) is 0 Å².